The molecule has 0 bridgehead atoms. The van der Waals surface area contributed by atoms with Crippen LogP contribution < -0.4 is 15.4 Å². The Hall–Kier alpha value is -2.20. The monoisotopic (exact) mass is 332 g/mol. The van der Waals surface area contributed by atoms with E-state index >= 15 is 0 Å². The molecule has 1 atom stereocenters. The number of hydrogen-bond donors (Lipinski definition) is 2. The molecular formula is C18H21ClN2O2. The van der Waals surface area contributed by atoms with Crippen LogP contribution in [0, 0.1) is 6.92 Å². The average Bonchev–Trinajstić information content (AvgIpc) is 2.55. The first-order valence-corrected chi connectivity index (χ1v) is 7.81. The van der Waals surface area contributed by atoms with E-state index in [1.165, 1.54) is 0 Å². The van der Waals surface area contributed by atoms with Crippen LogP contribution in [0.2, 0.25) is 5.02 Å². The van der Waals surface area contributed by atoms with Gasteiger partial charge in [-0.15, -0.1) is 0 Å². The highest BCUT2D eigenvalue weighted by Crippen LogP contribution is 2.24. The molecule has 122 valence electrons. The molecular weight excluding hydrogens is 312 g/mol. The van der Waals surface area contributed by atoms with Crippen molar-refractivity contribution in [3.05, 3.63) is 58.6 Å². The van der Waals surface area contributed by atoms with Crippen LogP contribution in [0.4, 0.5) is 5.69 Å². The fourth-order valence-electron chi connectivity index (χ4n) is 2.28. The molecule has 0 spiro atoms. The highest BCUT2D eigenvalue weighted by Gasteiger charge is 2.13. The molecule has 4 nitrogen and oxygen atoms in total. The van der Waals surface area contributed by atoms with Crippen molar-refractivity contribution in [2.45, 2.75) is 19.9 Å². The van der Waals surface area contributed by atoms with Crippen LogP contribution in [0.3, 0.4) is 0 Å². The first-order chi connectivity index (χ1) is 11.0. The summed E-state index contributed by atoms with van der Waals surface area (Å²) < 4.78 is 5.32. The maximum atomic E-state index is 12.1. The molecule has 0 radical (unpaired) electrons. The molecule has 2 rings (SSSR count). The summed E-state index contributed by atoms with van der Waals surface area (Å²) in [5.74, 6) is 0.665. The predicted octanol–water partition coefficient (Wildman–Crippen LogP) is 3.95. The smallest absolute Gasteiger partial charge is 0.239 e. The molecule has 0 aliphatic rings. The van der Waals surface area contributed by atoms with E-state index < -0.39 is 0 Å². The molecule has 5 heteroatoms. The Bertz CT molecular complexity index is 688. The van der Waals surface area contributed by atoms with Crippen LogP contribution in [0.1, 0.15) is 24.1 Å². The molecule has 0 saturated heterocycles. The normalized spacial score (nSPS) is 11.7. The van der Waals surface area contributed by atoms with Crippen LogP contribution in [-0.4, -0.2) is 19.6 Å². The summed E-state index contributed by atoms with van der Waals surface area (Å²) in [6, 6.07) is 13.1. The number of carbonyl (C=O) groups excluding carboxylic acids is 1. The maximum absolute atomic E-state index is 12.1. The molecule has 2 N–H and O–H groups in total. The van der Waals surface area contributed by atoms with Gasteiger partial charge < -0.3 is 15.4 Å². The van der Waals surface area contributed by atoms with Gasteiger partial charge in [-0.3, -0.25) is 4.79 Å². The molecule has 0 aliphatic carbocycles. The van der Waals surface area contributed by atoms with Crippen molar-refractivity contribution in [2.75, 3.05) is 19.0 Å². The van der Waals surface area contributed by atoms with Crippen molar-refractivity contribution in [2.24, 2.45) is 0 Å². The summed E-state index contributed by atoms with van der Waals surface area (Å²) in [6.45, 7) is 4.05. The fraction of sp³-hybridized carbons (Fsp3) is 0.278. The van der Waals surface area contributed by atoms with E-state index in [1.54, 1.807) is 7.11 Å². The average molecular weight is 333 g/mol. The van der Waals surface area contributed by atoms with Crippen LogP contribution in [0.25, 0.3) is 0 Å². The number of ether oxygens (including phenoxy) is 1. The Morgan fingerprint density at radius 1 is 1.26 bits per heavy atom. The Morgan fingerprint density at radius 3 is 2.70 bits per heavy atom. The minimum Gasteiger partial charge on any atom is -0.496 e. The third-order valence-electron chi connectivity index (χ3n) is 3.61. The van der Waals surface area contributed by atoms with Gasteiger partial charge in [0.25, 0.3) is 0 Å². The van der Waals surface area contributed by atoms with Gasteiger partial charge in [-0.1, -0.05) is 35.9 Å². The topological polar surface area (TPSA) is 50.4 Å². The summed E-state index contributed by atoms with van der Waals surface area (Å²) >= 11 is 6.07. The summed E-state index contributed by atoms with van der Waals surface area (Å²) in [7, 11) is 1.62. The Morgan fingerprint density at radius 2 is 2.00 bits per heavy atom. The second kappa shape index (κ2) is 7.88. The van der Waals surface area contributed by atoms with E-state index in [0.717, 1.165) is 22.6 Å². The number of hydrogen-bond acceptors (Lipinski definition) is 3. The van der Waals surface area contributed by atoms with Crippen LogP contribution in [0.5, 0.6) is 5.75 Å². The fourth-order valence-corrected chi connectivity index (χ4v) is 2.46. The van der Waals surface area contributed by atoms with Gasteiger partial charge in [0.2, 0.25) is 5.91 Å². The van der Waals surface area contributed by atoms with Crippen LogP contribution in [-0.2, 0) is 4.79 Å². The molecule has 1 unspecified atom stereocenters. The zero-order valence-electron chi connectivity index (χ0n) is 13.5. The summed E-state index contributed by atoms with van der Waals surface area (Å²) in [4.78, 5) is 12.1. The van der Waals surface area contributed by atoms with E-state index in [9.17, 15) is 4.79 Å². The summed E-state index contributed by atoms with van der Waals surface area (Å²) in [5, 5.41) is 6.70. The standard InChI is InChI=1S/C18H21ClN2O2/c1-12-8-9-14(10-16(12)19)20-11-18(22)21-13(2)15-6-4-5-7-17(15)23-3/h4-10,13,20H,11H2,1-3H3,(H,21,22). The highest BCUT2D eigenvalue weighted by molar-refractivity contribution is 6.31. The second-order valence-electron chi connectivity index (χ2n) is 5.35. The lowest BCUT2D eigenvalue weighted by atomic mass is 10.1. The van der Waals surface area contributed by atoms with Crippen molar-refractivity contribution in [1.82, 2.24) is 5.32 Å². The molecule has 23 heavy (non-hydrogen) atoms. The summed E-state index contributed by atoms with van der Waals surface area (Å²) in [6.07, 6.45) is 0. The van der Waals surface area contributed by atoms with Crippen molar-refractivity contribution in [3.8, 4) is 5.75 Å². The van der Waals surface area contributed by atoms with Gasteiger partial charge in [0.05, 0.1) is 19.7 Å². The first kappa shape index (κ1) is 17.2. The zero-order valence-corrected chi connectivity index (χ0v) is 14.3. The molecule has 0 heterocycles. The van der Waals surface area contributed by atoms with E-state index in [-0.39, 0.29) is 18.5 Å². The van der Waals surface area contributed by atoms with Crippen LogP contribution >= 0.6 is 11.6 Å². The second-order valence-corrected chi connectivity index (χ2v) is 5.76. The molecule has 0 saturated carbocycles. The Kier molecular flexibility index (Phi) is 5.88. The highest BCUT2D eigenvalue weighted by atomic mass is 35.5. The van der Waals surface area contributed by atoms with E-state index in [1.807, 2.05) is 56.3 Å². The minimum absolute atomic E-state index is 0.0971. The number of methoxy groups -OCH3 is 1. The maximum Gasteiger partial charge on any atom is 0.239 e. The molecule has 2 aromatic rings. The van der Waals surface area contributed by atoms with Gasteiger partial charge in [0.15, 0.2) is 0 Å². The Balaban J connectivity index is 1.92. The van der Waals surface area contributed by atoms with Gasteiger partial charge in [-0.05, 0) is 37.6 Å². The SMILES string of the molecule is COc1ccccc1C(C)NC(=O)CNc1ccc(C)c(Cl)c1. The first-order valence-electron chi connectivity index (χ1n) is 7.43. The number of rotatable bonds is 6. The van der Waals surface area contributed by atoms with E-state index in [0.29, 0.717) is 5.02 Å². The van der Waals surface area contributed by atoms with E-state index in [2.05, 4.69) is 10.6 Å². The van der Waals surface area contributed by atoms with Crippen molar-refractivity contribution in [3.63, 3.8) is 0 Å². The lowest BCUT2D eigenvalue weighted by Crippen LogP contribution is -2.32. The Labute approximate surface area is 141 Å². The van der Waals surface area contributed by atoms with Gasteiger partial charge in [0.1, 0.15) is 5.75 Å². The van der Waals surface area contributed by atoms with Crippen molar-refractivity contribution in [1.29, 1.82) is 0 Å². The number of anilines is 1. The number of benzene rings is 2. The lowest BCUT2D eigenvalue weighted by molar-refractivity contribution is -0.120. The molecule has 1 amide bonds. The van der Waals surface area contributed by atoms with Gasteiger partial charge in [-0.25, -0.2) is 0 Å². The number of aryl methyl sites for hydroxylation is 1. The van der Waals surface area contributed by atoms with Crippen LogP contribution in [0.15, 0.2) is 42.5 Å². The number of nitrogens with one attached hydrogen (secondary N) is 2. The molecule has 0 fully saturated rings. The molecule has 0 aromatic heterocycles. The minimum atomic E-state index is -0.137. The van der Waals surface area contributed by atoms with Crippen molar-refractivity contribution < 1.29 is 9.53 Å². The third kappa shape index (κ3) is 4.63. The van der Waals surface area contributed by atoms with Gasteiger partial charge in [0, 0.05) is 16.3 Å². The van der Waals surface area contributed by atoms with Gasteiger partial charge in [-0.2, -0.15) is 0 Å². The molecule has 0 aliphatic heterocycles. The van der Waals surface area contributed by atoms with E-state index in [4.69, 9.17) is 16.3 Å². The van der Waals surface area contributed by atoms with Gasteiger partial charge >= 0.3 is 0 Å². The largest absolute Gasteiger partial charge is 0.496 e. The molecule has 2 aromatic carbocycles. The number of para-hydroxylation sites is 1. The summed E-state index contributed by atoms with van der Waals surface area (Å²) in [5.41, 5.74) is 2.77. The predicted molar refractivity (Wildman–Crippen MR) is 94.2 cm³/mol. The number of amides is 1. The number of carbonyl (C=O) groups is 1. The number of halogens is 1. The lowest BCUT2D eigenvalue weighted by Gasteiger charge is -2.17. The third-order valence-corrected chi connectivity index (χ3v) is 4.02. The van der Waals surface area contributed by atoms with Crippen molar-refractivity contribution >= 4 is 23.2 Å². The quantitative estimate of drug-likeness (QED) is 0.842. The zero-order chi connectivity index (χ0) is 16.8.